The second kappa shape index (κ2) is 5.64. The summed E-state index contributed by atoms with van der Waals surface area (Å²) in [6, 6.07) is 11.3. The summed E-state index contributed by atoms with van der Waals surface area (Å²) < 4.78 is 0. The Morgan fingerprint density at radius 2 is 1.95 bits per heavy atom. The van der Waals surface area contributed by atoms with Crippen LogP contribution in [0.2, 0.25) is 0 Å². The van der Waals surface area contributed by atoms with Gasteiger partial charge in [-0.25, -0.2) is 0 Å². The van der Waals surface area contributed by atoms with Crippen LogP contribution in [0.4, 0.5) is 0 Å². The molecule has 0 aromatic heterocycles. The van der Waals surface area contributed by atoms with E-state index in [4.69, 9.17) is 0 Å². The van der Waals surface area contributed by atoms with Gasteiger partial charge in [0.2, 0.25) is 0 Å². The van der Waals surface area contributed by atoms with Gasteiger partial charge in [0.1, 0.15) is 0 Å². The fourth-order valence-electron chi connectivity index (χ4n) is 2.25. The first-order valence-electron chi connectivity index (χ1n) is 7.03. The number of hydrogen-bond donors (Lipinski definition) is 2. The smallest absolute Gasteiger partial charge is 0.191 e. The number of benzene rings is 1. The number of guanidine groups is 1. The van der Waals surface area contributed by atoms with Crippen LogP contribution >= 0.6 is 0 Å². The van der Waals surface area contributed by atoms with Gasteiger partial charge in [0.05, 0.1) is 0 Å². The van der Waals surface area contributed by atoms with E-state index in [-0.39, 0.29) is 5.54 Å². The average Bonchev–Trinajstić information content (AvgIpc) is 3.06. The standard InChI is InChI=1S/C16H25N3/c1-16(2,3)19-15(17-4)18-14-11-13(14)10-12-8-6-5-7-9-12/h5-9,13-14H,10-11H2,1-4H3,(H2,17,18,19). The quantitative estimate of drug-likeness (QED) is 0.646. The molecule has 0 saturated heterocycles. The lowest BCUT2D eigenvalue weighted by Gasteiger charge is -2.23. The van der Waals surface area contributed by atoms with E-state index in [0.29, 0.717) is 6.04 Å². The third kappa shape index (κ3) is 4.58. The number of nitrogens with zero attached hydrogens (tertiary/aromatic N) is 1. The molecule has 0 bridgehead atoms. The summed E-state index contributed by atoms with van der Waals surface area (Å²) in [5, 5.41) is 6.91. The molecule has 19 heavy (non-hydrogen) atoms. The van der Waals surface area contributed by atoms with Gasteiger partial charge in [-0.1, -0.05) is 30.3 Å². The average molecular weight is 259 g/mol. The summed E-state index contributed by atoms with van der Waals surface area (Å²) in [6.45, 7) is 6.44. The van der Waals surface area contributed by atoms with Crippen LogP contribution in [-0.4, -0.2) is 24.6 Å². The normalized spacial score (nSPS) is 23.1. The number of rotatable bonds is 3. The number of nitrogens with one attached hydrogen (secondary N) is 2. The van der Waals surface area contributed by atoms with Crippen LogP contribution in [0.25, 0.3) is 0 Å². The topological polar surface area (TPSA) is 36.4 Å². The fourth-order valence-corrected chi connectivity index (χ4v) is 2.25. The van der Waals surface area contributed by atoms with Gasteiger partial charge in [-0.15, -0.1) is 0 Å². The highest BCUT2D eigenvalue weighted by Gasteiger charge is 2.37. The van der Waals surface area contributed by atoms with Crippen molar-refractivity contribution in [1.82, 2.24) is 10.6 Å². The third-order valence-corrected chi connectivity index (χ3v) is 3.30. The van der Waals surface area contributed by atoms with Crippen molar-refractivity contribution in [3.8, 4) is 0 Å². The molecule has 1 fully saturated rings. The van der Waals surface area contributed by atoms with Crippen LogP contribution in [0.15, 0.2) is 35.3 Å². The minimum atomic E-state index is 0.0473. The van der Waals surface area contributed by atoms with Gasteiger partial charge in [0.15, 0.2) is 5.96 Å². The molecule has 2 rings (SSSR count). The Morgan fingerprint density at radius 1 is 1.26 bits per heavy atom. The zero-order valence-electron chi connectivity index (χ0n) is 12.4. The molecule has 0 spiro atoms. The minimum absolute atomic E-state index is 0.0473. The lowest BCUT2D eigenvalue weighted by Crippen LogP contribution is -2.48. The maximum atomic E-state index is 4.29. The Hall–Kier alpha value is -1.51. The highest BCUT2D eigenvalue weighted by atomic mass is 15.2. The maximum absolute atomic E-state index is 4.29. The zero-order chi connectivity index (χ0) is 13.9. The van der Waals surface area contributed by atoms with Crippen molar-refractivity contribution in [2.75, 3.05) is 7.05 Å². The molecule has 1 aromatic rings. The molecule has 0 radical (unpaired) electrons. The number of aliphatic imine (C=N–C) groups is 1. The molecule has 2 atom stereocenters. The summed E-state index contributed by atoms with van der Waals surface area (Å²) in [6.07, 6.45) is 2.39. The van der Waals surface area contributed by atoms with Gasteiger partial charge in [0, 0.05) is 18.6 Å². The largest absolute Gasteiger partial charge is 0.353 e. The highest BCUT2D eigenvalue weighted by Crippen LogP contribution is 2.33. The third-order valence-electron chi connectivity index (χ3n) is 3.30. The van der Waals surface area contributed by atoms with E-state index >= 15 is 0 Å². The summed E-state index contributed by atoms with van der Waals surface area (Å²) in [5.74, 6) is 1.65. The van der Waals surface area contributed by atoms with E-state index in [1.54, 1.807) is 0 Å². The van der Waals surface area contributed by atoms with Crippen molar-refractivity contribution in [3.05, 3.63) is 35.9 Å². The Balaban J connectivity index is 1.80. The Kier molecular flexibility index (Phi) is 4.13. The van der Waals surface area contributed by atoms with Crippen molar-refractivity contribution < 1.29 is 0 Å². The van der Waals surface area contributed by atoms with Crippen molar-refractivity contribution in [2.45, 2.75) is 45.2 Å². The molecular weight excluding hydrogens is 234 g/mol. The van der Waals surface area contributed by atoms with Crippen LogP contribution in [0.3, 0.4) is 0 Å². The molecular formula is C16H25N3. The second-order valence-electron chi connectivity index (χ2n) is 6.38. The Bertz CT molecular complexity index is 431. The monoisotopic (exact) mass is 259 g/mol. The predicted octanol–water partition coefficient (Wildman–Crippen LogP) is 2.58. The van der Waals surface area contributed by atoms with Crippen LogP contribution in [-0.2, 0) is 6.42 Å². The van der Waals surface area contributed by atoms with Gasteiger partial charge in [-0.2, -0.15) is 0 Å². The molecule has 1 aliphatic rings. The van der Waals surface area contributed by atoms with Crippen molar-refractivity contribution >= 4 is 5.96 Å². The molecule has 1 aliphatic carbocycles. The van der Waals surface area contributed by atoms with Gasteiger partial charge >= 0.3 is 0 Å². The van der Waals surface area contributed by atoms with Crippen LogP contribution < -0.4 is 10.6 Å². The van der Waals surface area contributed by atoms with E-state index < -0.39 is 0 Å². The van der Waals surface area contributed by atoms with Crippen LogP contribution in [0.1, 0.15) is 32.8 Å². The summed E-state index contributed by atoms with van der Waals surface area (Å²) in [4.78, 5) is 4.29. The van der Waals surface area contributed by atoms with E-state index in [0.717, 1.165) is 18.3 Å². The molecule has 3 heteroatoms. The summed E-state index contributed by atoms with van der Waals surface area (Å²) in [5.41, 5.74) is 1.47. The second-order valence-corrected chi connectivity index (χ2v) is 6.38. The van der Waals surface area contributed by atoms with Gasteiger partial charge in [0.25, 0.3) is 0 Å². The molecule has 0 amide bonds. The zero-order valence-corrected chi connectivity index (χ0v) is 12.4. The van der Waals surface area contributed by atoms with E-state index in [1.165, 1.54) is 12.0 Å². The van der Waals surface area contributed by atoms with E-state index in [1.807, 2.05) is 7.05 Å². The molecule has 0 aliphatic heterocycles. The lowest BCUT2D eigenvalue weighted by atomic mass is 10.1. The molecule has 2 N–H and O–H groups in total. The van der Waals surface area contributed by atoms with Crippen molar-refractivity contribution in [1.29, 1.82) is 0 Å². The molecule has 3 nitrogen and oxygen atoms in total. The SMILES string of the molecule is CN=C(NC1CC1Cc1ccccc1)NC(C)(C)C. The summed E-state index contributed by atoms with van der Waals surface area (Å²) >= 11 is 0. The molecule has 0 heterocycles. The molecule has 104 valence electrons. The van der Waals surface area contributed by atoms with Gasteiger partial charge in [-0.3, -0.25) is 4.99 Å². The molecule has 1 saturated carbocycles. The highest BCUT2D eigenvalue weighted by molar-refractivity contribution is 5.81. The molecule has 2 unspecified atom stereocenters. The number of hydrogen-bond acceptors (Lipinski definition) is 1. The Labute approximate surface area is 116 Å². The molecule has 1 aromatic carbocycles. The fraction of sp³-hybridized carbons (Fsp3) is 0.562. The lowest BCUT2D eigenvalue weighted by molar-refractivity contribution is 0.500. The first-order chi connectivity index (χ1) is 8.98. The van der Waals surface area contributed by atoms with E-state index in [2.05, 4.69) is 66.7 Å². The van der Waals surface area contributed by atoms with E-state index in [9.17, 15) is 0 Å². The maximum Gasteiger partial charge on any atom is 0.191 e. The first kappa shape index (κ1) is 13.9. The van der Waals surface area contributed by atoms with Crippen molar-refractivity contribution in [2.24, 2.45) is 10.9 Å². The van der Waals surface area contributed by atoms with Crippen LogP contribution in [0.5, 0.6) is 0 Å². The van der Waals surface area contributed by atoms with Gasteiger partial charge < -0.3 is 10.6 Å². The Morgan fingerprint density at radius 3 is 2.53 bits per heavy atom. The summed E-state index contributed by atoms with van der Waals surface area (Å²) in [7, 11) is 1.83. The first-order valence-corrected chi connectivity index (χ1v) is 7.03. The van der Waals surface area contributed by atoms with Crippen molar-refractivity contribution in [3.63, 3.8) is 0 Å². The van der Waals surface area contributed by atoms with Gasteiger partial charge in [-0.05, 0) is 45.1 Å². The predicted molar refractivity (Wildman–Crippen MR) is 81.4 cm³/mol. The van der Waals surface area contributed by atoms with Crippen LogP contribution in [0, 0.1) is 5.92 Å². The minimum Gasteiger partial charge on any atom is -0.353 e.